The molecule has 0 N–H and O–H groups in total. The Morgan fingerprint density at radius 2 is 1.68 bits per heavy atom. The lowest BCUT2D eigenvalue weighted by Crippen LogP contribution is -2.47. The average Bonchev–Trinajstić information content (AvgIpc) is 2.53. The van der Waals surface area contributed by atoms with Gasteiger partial charge in [-0.3, -0.25) is 0 Å². The minimum absolute atomic E-state index is 0.0306. The van der Waals surface area contributed by atoms with E-state index < -0.39 is 0 Å². The van der Waals surface area contributed by atoms with Crippen molar-refractivity contribution in [1.82, 2.24) is 0 Å². The van der Waals surface area contributed by atoms with Crippen molar-refractivity contribution in [3.8, 4) is 0 Å². The van der Waals surface area contributed by atoms with E-state index in [2.05, 4.69) is 50.1 Å². The van der Waals surface area contributed by atoms with Crippen LogP contribution in [0.3, 0.4) is 0 Å². The van der Waals surface area contributed by atoms with Crippen LogP contribution < -0.4 is 0 Å². The Morgan fingerprint density at radius 1 is 1.09 bits per heavy atom. The van der Waals surface area contributed by atoms with Crippen LogP contribution in [0.2, 0.25) is 0 Å². The van der Waals surface area contributed by atoms with Crippen molar-refractivity contribution in [1.29, 1.82) is 0 Å². The highest BCUT2D eigenvalue weighted by Crippen LogP contribution is 2.33. The van der Waals surface area contributed by atoms with E-state index in [1.807, 2.05) is 18.2 Å². The molecular weight excluding hydrogens is 412 g/mol. The Hall–Kier alpha value is -0.200. The molecule has 5 heteroatoms. The lowest BCUT2D eigenvalue weighted by molar-refractivity contribution is -0.153. The van der Waals surface area contributed by atoms with Gasteiger partial charge in [0, 0.05) is 14.2 Å². The molecular formula is C17H22Br2O3. The lowest BCUT2D eigenvalue weighted by atomic mass is 9.83. The van der Waals surface area contributed by atoms with Crippen molar-refractivity contribution in [3.05, 3.63) is 45.4 Å². The first-order chi connectivity index (χ1) is 10.6. The molecule has 1 aliphatic carbocycles. The van der Waals surface area contributed by atoms with Gasteiger partial charge in [-0.05, 0) is 56.2 Å². The minimum atomic E-state index is -0.0473. The molecule has 1 aliphatic rings. The Bertz CT molecular complexity index is 460. The van der Waals surface area contributed by atoms with E-state index in [-0.39, 0.29) is 18.3 Å². The molecule has 2 rings (SSSR count). The monoisotopic (exact) mass is 432 g/mol. The van der Waals surface area contributed by atoms with E-state index in [0.717, 1.165) is 21.8 Å². The molecule has 2 atom stereocenters. The zero-order chi connectivity index (χ0) is 15.9. The van der Waals surface area contributed by atoms with E-state index in [9.17, 15) is 0 Å². The average molecular weight is 434 g/mol. The lowest BCUT2D eigenvalue weighted by Gasteiger charge is -2.39. The van der Waals surface area contributed by atoms with Gasteiger partial charge in [-0.2, -0.15) is 0 Å². The number of halogens is 2. The van der Waals surface area contributed by atoms with Crippen molar-refractivity contribution >= 4 is 31.9 Å². The number of methoxy groups -OCH3 is 2. The Kier molecular flexibility index (Phi) is 7.57. The van der Waals surface area contributed by atoms with Crippen LogP contribution in [0, 0.1) is 5.92 Å². The molecule has 122 valence electrons. The van der Waals surface area contributed by atoms with Crippen LogP contribution in [0.5, 0.6) is 0 Å². The van der Waals surface area contributed by atoms with Gasteiger partial charge in [-0.1, -0.05) is 36.4 Å². The van der Waals surface area contributed by atoms with E-state index in [4.69, 9.17) is 14.2 Å². The fourth-order valence-electron chi connectivity index (χ4n) is 2.96. The second-order valence-corrected chi connectivity index (χ2v) is 8.27. The number of benzene rings is 1. The van der Waals surface area contributed by atoms with Gasteiger partial charge in [0.1, 0.15) is 6.10 Å². The van der Waals surface area contributed by atoms with Crippen molar-refractivity contribution in [3.63, 3.8) is 0 Å². The van der Waals surface area contributed by atoms with Gasteiger partial charge in [0.2, 0.25) is 0 Å². The third-order valence-corrected chi connectivity index (χ3v) is 4.58. The minimum Gasteiger partial charge on any atom is -0.379 e. The van der Waals surface area contributed by atoms with Gasteiger partial charge in [-0.25, -0.2) is 0 Å². The second-order valence-electron chi connectivity index (χ2n) is 5.50. The summed E-state index contributed by atoms with van der Waals surface area (Å²) in [7, 11) is 3.48. The van der Waals surface area contributed by atoms with Crippen LogP contribution in [-0.2, 0) is 20.8 Å². The summed E-state index contributed by atoms with van der Waals surface area (Å²) in [5, 5.41) is 0. The van der Waals surface area contributed by atoms with E-state index in [0.29, 0.717) is 12.5 Å². The summed E-state index contributed by atoms with van der Waals surface area (Å²) in [6.07, 6.45) is 4.03. The van der Waals surface area contributed by atoms with Crippen molar-refractivity contribution in [2.24, 2.45) is 5.92 Å². The van der Waals surface area contributed by atoms with E-state index in [1.165, 1.54) is 0 Å². The topological polar surface area (TPSA) is 27.7 Å². The van der Waals surface area contributed by atoms with Crippen molar-refractivity contribution in [2.75, 3.05) is 14.2 Å². The molecule has 0 aromatic heterocycles. The number of hydrogen-bond donors (Lipinski definition) is 0. The van der Waals surface area contributed by atoms with Crippen LogP contribution in [0.15, 0.2) is 39.8 Å². The van der Waals surface area contributed by atoms with E-state index >= 15 is 0 Å². The fraction of sp³-hybridized carbons (Fsp3) is 0.529. The molecule has 1 aromatic carbocycles. The molecule has 0 heterocycles. The van der Waals surface area contributed by atoms with Gasteiger partial charge < -0.3 is 14.2 Å². The fourth-order valence-corrected chi connectivity index (χ4v) is 3.70. The van der Waals surface area contributed by atoms with Crippen molar-refractivity contribution < 1.29 is 14.2 Å². The number of ether oxygens (including phenoxy) is 3. The first-order valence-electron chi connectivity index (χ1n) is 7.38. The Labute approximate surface area is 149 Å². The summed E-state index contributed by atoms with van der Waals surface area (Å²) in [6, 6.07) is 10.2. The van der Waals surface area contributed by atoms with Crippen LogP contribution in [0.4, 0.5) is 0 Å². The summed E-state index contributed by atoms with van der Waals surface area (Å²) in [5.41, 5.74) is 1.16. The molecule has 1 fully saturated rings. The molecule has 0 bridgehead atoms. The Balaban J connectivity index is 2.03. The second kappa shape index (κ2) is 9.18. The maximum absolute atomic E-state index is 6.14. The molecule has 1 aromatic rings. The summed E-state index contributed by atoms with van der Waals surface area (Å²) in [6.45, 7) is 0.577. The number of allylic oxidation sites excluding steroid dienone is 1. The largest absolute Gasteiger partial charge is 0.379 e. The van der Waals surface area contributed by atoms with Crippen molar-refractivity contribution in [2.45, 2.75) is 37.8 Å². The van der Waals surface area contributed by atoms with Gasteiger partial charge in [-0.15, -0.1) is 0 Å². The first-order valence-corrected chi connectivity index (χ1v) is 8.96. The molecule has 0 radical (unpaired) electrons. The molecule has 3 nitrogen and oxygen atoms in total. The maximum atomic E-state index is 6.14. The SMILES string of the molecule is COC1CC(C=C(Br)Br)CC(OC)C1OCc1ccccc1. The highest BCUT2D eigenvalue weighted by Gasteiger charge is 2.38. The van der Waals surface area contributed by atoms with Crippen LogP contribution in [0.1, 0.15) is 18.4 Å². The first kappa shape index (κ1) is 18.1. The Morgan fingerprint density at radius 3 is 2.18 bits per heavy atom. The zero-order valence-corrected chi connectivity index (χ0v) is 16.0. The smallest absolute Gasteiger partial charge is 0.110 e. The van der Waals surface area contributed by atoms with Gasteiger partial charge in [0.25, 0.3) is 0 Å². The quantitative estimate of drug-likeness (QED) is 0.653. The summed E-state index contributed by atoms with van der Waals surface area (Å²) < 4.78 is 18.4. The number of rotatable bonds is 6. The summed E-state index contributed by atoms with van der Waals surface area (Å²) >= 11 is 6.87. The van der Waals surface area contributed by atoms with E-state index in [1.54, 1.807) is 14.2 Å². The molecule has 1 saturated carbocycles. The summed E-state index contributed by atoms with van der Waals surface area (Å²) in [5.74, 6) is 0.403. The standard InChI is InChI=1S/C17H22Br2O3/c1-20-14-8-13(10-16(18)19)9-15(21-2)17(14)22-11-12-6-4-3-5-7-12/h3-7,10,13-15,17H,8-9,11H2,1-2H3. The molecule has 2 unspecified atom stereocenters. The predicted molar refractivity (Wildman–Crippen MR) is 95.3 cm³/mol. The molecule has 0 saturated heterocycles. The molecule has 0 amide bonds. The van der Waals surface area contributed by atoms with Gasteiger partial charge in [0.05, 0.1) is 22.2 Å². The predicted octanol–water partition coefficient (Wildman–Crippen LogP) is 4.64. The zero-order valence-electron chi connectivity index (χ0n) is 12.9. The normalized spacial score (nSPS) is 28.4. The number of hydrogen-bond acceptors (Lipinski definition) is 3. The third kappa shape index (κ3) is 5.17. The highest BCUT2D eigenvalue weighted by molar-refractivity contribution is 9.28. The molecule has 0 aliphatic heterocycles. The van der Waals surface area contributed by atoms with Gasteiger partial charge >= 0.3 is 0 Å². The van der Waals surface area contributed by atoms with Crippen LogP contribution in [-0.4, -0.2) is 32.5 Å². The molecule has 22 heavy (non-hydrogen) atoms. The highest BCUT2D eigenvalue weighted by atomic mass is 79.9. The third-order valence-electron chi connectivity index (χ3n) is 4.06. The van der Waals surface area contributed by atoms with Crippen LogP contribution >= 0.6 is 31.9 Å². The molecule has 0 spiro atoms. The summed E-state index contributed by atoms with van der Waals surface area (Å²) in [4.78, 5) is 0. The van der Waals surface area contributed by atoms with Gasteiger partial charge in [0.15, 0.2) is 0 Å². The maximum Gasteiger partial charge on any atom is 0.110 e. The van der Waals surface area contributed by atoms with Crippen LogP contribution in [0.25, 0.3) is 0 Å².